The van der Waals surface area contributed by atoms with Gasteiger partial charge < -0.3 is 14.5 Å². The number of aliphatic hydroxyl groups is 1. The molecule has 0 aromatic carbocycles. The lowest BCUT2D eigenvalue weighted by Gasteiger charge is -2.38. The van der Waals surface area contributed by atoms with Gasteiger partial charge in [-0.25, -0.2) is 0 Å². The second kappa shape index (κ2) is 7.37. The Labute approximate surface area is 141 Å². The Hall–Kier alpha value is -0.845. The molecular weight excluding hydrogens is 293 g/mol. The van der Waals surface area contributed by atoms with Crippen LogP contribution in [0.1, 0.15) is 54.9 Å². The summed E-state index contributed by atoms with van der Waals surface area (Å²) >= 11 is 0. The lowest BCUT2D eigenvalue weighted by atomic mass is 9.79. The molecule has 6 heteroatoms. The molecule has 1 aliphatic heterocycles. The fourth-order valence-corrected chi connectivity index (χ4v) is 2.03. The Bertz CT molecular complexity index is 446. The highest BCUT2D eigenvalue weighted by Gasteiger charge is 2.36. The van der Waals surface area contributed by atoms with Crippen molar-refractivity contribution in [2.24, 2.45) is 0 Å². The number of nitrogens with zero attached hydrogens (tertiary/aromatic N) is 1. The van der Waals surface area contributed by atoms with Gasteiger partial charge in [0.1, 0.15) is 5.60 Å². The average Bonchev–Trinajstić information content (AvgIpc) is 2.34. The van der Waals surface area contributed by atoms with Crippen molar-refractivity contribution in [2.75, 3.05) is 19.6 Å². The van der Waals surface area contributed by atoms with Crippen molar-refractivity contribution in [3.8, 4) is 0 Å². The standard InChI is InChI=1S/C17H32BNO4/c1-15(2,3)22-14(20)12-19-10-8-13(9-11-19)18-23-17(6,7)16(4,5)21/h8,18,21H,9-12H2,1-7H3. The Morgan fingerprint density at radius 3 is 2.30 bits per heavy atom. The van der Waals surface area contributed by atoms with Crippen LogP contribution in [-0.4, -0.2) is 59.9 Å². The molecule has 132 valence electrons. The smallest absolute Gasteiger partial charge is 0.320 e. The summed E-state index contributed by atoms with van der Waals surface area (Å²) < 4.78 is 11.2. The van der Waals surface area contributed by atoms with E-state index in [0.717, 1.165) is 19.5 Å². The molecule has 0 bridgehead atoms. The third-order valence-electron chi connectivity index (χ3n) is 4.25. The topological polar surface area (TPSA) is 59.0 Å². The normalized spacial score (nSPS) is 17.7. The van der Waals surface area contributed by atoms with Crippen molar-refractivity contribution < 1.29 is 19.3 Å². The first-order valence-corrected chi connectivity index (χ1v) is 8.29. The summed E-state index contributed by atoms with van der Waals surface area (Å²) in [5.74, 6) is -0.186. The molecule has 5 nitrogen and oxygen atoms in total. The van der Waals surface area contributed by atoms with E-state index in [2.05, 4.69) is 11.0 Å². The van der Waals surface area contributed by atoms with E-state index in [4.69, 9.17) is 9.39 Å². The predicted molar refractivity (Wildman–Crippen MR) is 93.6 cm³/mol. The minimum Gasteiger partial charge on any atom is -0.459 e. The highest BCUT2D eigenvalue weighted by atomic mass is 16.6. The molecule has 0 aromatic heterocycles. The van der Waals surface area contributed by atoms with Crippen LogP contribution in [-0.2, 0) is 14.2 Å². The molecule has 1 rings (SSSR count). The monoisotopic (exact) mass is 325 g/mol. The SMILES string of the molecule is CC(C)(C)OC(=O)CN1CC=C(BOC(C)(C)C(C)(C)O)CC1. The largest absolute Gasteiger partial charge is 0.459 e. The minimum atomic E-state index is -0.898. The molecule has 0 radical (unpaired) electrons. The van der Waals surface area contributed by atoms with Crippen molar-refractivity contribution in [1.82, 2.24) is 4.90 Å². The Balaban J connectivity index is 2.43. The van der Waals surface area contributed by atoms with Gasteiger partial charge in [0.05, 0.1) is 17.7 Å². The molecule has 0 aliphatic carbocycles. The number of carbonyl (C=O) groups is 1. The molecular formula is C17H32BNO4. The summed E-state index contributed by atoms with van der Waals surface area (Å²) in [6.45, 7) is 14.8. The summed E-state index contributed by atoms with van der Waals surface area (Å²) in [5.41, 5.74) is -0.737. The van der Waals surface area contributed by atoms with Crippen LogP contribution in [0.2, 0.25) is 0 Å². The number of esters is 1. The first-order valence-electron chi connectivity index (χ1n) is 8.29. The molecule has 0 fully saturated rings. The number of carbonyl (C=O) groups excluding carboxylic acids is 1. The summed E-state index contributed by atoms with van der Waals surface area (Å²) in [5, 5.41) is 10.1. The number of rotatable bonds is 6. The highest BCUT2D eigenvalue weighted by Crippen LogP contribution is 2.25. The van der Waals surface area contributed by atoms with E-state index in [9.17, 15) is 9.90 Å². The van der Waals surface area contributed by atoms with Crippen LogP contribution in [0.25, 0.3) is 0 Å². The lowest BCUT2D eigenvalue weighted by Crippen LogP contribution is -2.48. The summed E-state index contributed by atoms with van der Waals surface area (Å²) in [4.78, 5) is 13.9. The fourth-order valence-electron chi connectivity index (χ4n) is 2.03. The molecule has 23 heavy (non-hydrogen) atoms. The van der Waals surface area contributed by atoms with Crippen molar-refractivity contribution in [1.29, 1.82) is 0 Å². The molecule has 0 saturated carbocycles. The van der Waals surface area contributed by atoms with Gasteiger partial charge in [0, 0.05) is 13.1 Å². The van der Waals surface area contributed by atoms with Crippen LogP contribution in [0.5, 0.6) is 0 Å². The van der Waals surface area contributed by atoms with E-state index >= 15 is 0 Å². The molecule has 1 aliphatic rings. The van der Waals surface area contributed by atoms with Crippen molar-refractivity contribution >= 4 is 13.5 Å². The quantitative estimate of drug-likeness (QED) is 0.596. The van der Waals surface area contributed by atoms with Gasteiger partial charge in [0.25, 0.3) is 0 Å². The molecule has 0 aromatic rings. The summed E-state index contributed by atoms with van der Waals surface area (Å²) in [6, 6.07) is 0. The van der Waals surface area contributed by atoms with E-state index in [1.807, 2.05) is 34.6 Å². The lowest BCUT2D eigenvalue weighted by molar-refractivity contribution is -0.156. The Kier molecular flexibility index (Phi) is 6.47. The maximum Gasteiger partial charge on any atom is 0.320 e. The predicted octanol–water partition coefficient (Wildman–Crippen LogP) is 1.84. The Morgan fingerprint density at radius 1 is 1.26 bits per heavy atom. The maximum absolute atomic E-state index is 11.8. The van der Waals surface area contributed by atoms with E-state index in [-0.39, 0.29) is 5.97 Å². The minimum absolute atomic E-state index is 0.186. The molecule has 1 N–H and O–H groups in total. The zero-order valence-electron chi connectivity index (χ0n) is 15.7. The third-order valence-corrected chi connectivity index (χ3v) is 4.25. The van der Waals surface area contributed by atoms with E-state index in [0.29, 0.717) is 14.0 Å². The van der Waals surface area contributed by atoms with E-state index < -0.39 is 16.8 Å². The summed E-state index contributed by atoms with van der Waals surface area (Å²) in [7, 11) is 0.511. The third kappa shape index (κ3) is 7.06. The molecule has 0 saturated heterocycles. The van der Waals surface area contributed by atoms with Crippen molar-refractivity contribution in [3.05, 3.63) is 11.5 Å². The van der Waals surface area contributed by atoms with Gasteiger partial charge in [-0.2, -0.15) is 0 Å². The van der Waals surface area contributed by atoms with Crippen LogP contribution < -0.4 is 0 Å². The molecule has 0 unspecified atom stereocenters. The molecule has 1 heterocycles. The van der Waals surface area contributed by atoms with E-state index in [1.54, 1.807) is 13.8 Å². The first kappa shape index (κ1) is 20.2. The van der Waals surface area contributed by atoms with Gasteiger partial charge in [0.15, 0.2) is 0 Å². The highest BCUT2D eigenvalue weighted by molar-refractivity contribution is 6.38. The van der Waals surface area contributed by atoms with Crippen LogP contribution in [0.4, 0.5) is 0 Å². The zero-order chi connectivity index (χ0) is 17.9. The molecule has 0 amide bonds. The Morgan fingerprint density at radius 2 is 1.87 bits per heavy atom. The zero-order valence-corrected chi connectivity index (χ0v) is 15.7. The molecule has 0 spiro atoms. The van der Waals surface area contributed by atoms with Gasteiger partial charge in [-0.1, -0.05) is 11.5 Å². The van der Waals surface area contributed by atoms with Gasteiger partial charge in [-0.05, 0) is 54.9 Å². The molecule has 0 atom stereocenters. The second-order valence-electron chi connectivity index (χ2n) is 8.29. The number of hydrogen-bond donors (Lipinski definition) is 1. The first-order chi connectivity index (χ1) is 10.3. The number of hydrogen-bond acceptors (Lipinski definition) is 5. The van der Waals surface area contributed by atoms with Crippen LogP contribution in [0.15, 0.2) is 11.5 Å². The van der Waals surface area contributed by atoms with Crippen molar-refractivity contribution in [2.45, 2.75) is 71.7 Å². The van der Waals surface area contributed by atoms with Crippen LogP contribution >= 0.6 is 0 Å². The van der Waals surface area contributed by atoms with Crippen molar-refractivity contribution in [3.63, 3.8) is 0 Å². The average molecular weight is 325 g/mol. The van der Waals surface area contributed by atoms with Gasteiger partial charge in [-0.3, -0.25) is 9.69 Å². The van der Waals surface area contributed by atoms with Gasteiger partial charge >= 0.3 is 13.5 Å². The second-order valence-corrected chi connectivity index (χ2v) is 8.29. The van der Waals surface area contributed by atoms with Gasteiger partial charge in [0.2, 0.25) is 0 Å². The van der Waals surface area contributed by atoms with E-state index in [1.165, 1.54) is 5.47 Å². The van der Waals surface area contributed by atoms with Crippen LogP contribution in [0, 0.1) is 0 Å². The van der Waals surface area contributed by atoms with Gasteiger partial charge in [-0.15, -0.1) is 0 Å². The fraction of sp³-hybridized carbons (Fsp3) is 0.824. The summed E-state index contributed by atoms with van der Waals surface area (Å²) in [6.07, 6.45) is 2.97. The van der Waals surface area contributed by atoms with Crippen LogP contribution in [0.3, 0.4) is 0 Å². The maximum atomic E-state index is 11.8. The number of ether oxygens (including phenoxy) is 1.